The molecular weight excluding hydrogens is 284 g/mol. The number of hydrogen-bond donors (Lipinski definition) is 2. The summed E-state index contributed by atoms with van der Waals surface area (Å²) in [5.41, 5.74) is 0.856. The Morgan fingerprint density at radius 3 is 3.29 bits per heavy atom. The van der Waals surface area contributed by atoms with Crippen molar-refractivity contribution >= 4 is 17.2 Å². The van der Waals surface area contributed by atoms with Crippen LogP contribution in [0.4, 0.5) is 0 Å². The van der Waals surface area contributed by atoms with E-state index in [0.717, 1.165) is 31.0 Å². The highest BCUT2D eigenvalue weighted by Crippen LogP contribution is 2.16. The zero-order chi connectivity index (χ0) is 14.7. The number of nitrogens with one attached hydrogen (secondary N) is 2. The minimum absolute atomic E-state index is 0.0441. The minimum atomic E-state index is 0.0441. The summed E-state index contributed by atoms with van der Waals surface area (Å²) in [6, 6.07) is 4.38. The average molecular weight is 304 g/mol. The fraction of sp³-hybridized carbons (Fsp3) is 0.467. The van der Waals surface area contributed by atoms with Crippen LogP contribution in [0.1, 0.15) is 29.4 Å². The van der Waals surface area contributed by atoms with Crippen molar-refractivity contribution in [1.82, 2.24) is 20.2 Å². The Hall–Kier alpha value is -1.66. The van der Waals surface area contributed by atoms with E-state index in [-0.39, 0.29) is 11.9 Å². The average Bonchev–Trinajstić information content (AvgIpc) is 3.08. The van der Waals surface area contributed by atoms with E-state index in [1.54, 1.807) is 11.3 Å². The van der Waals surface area contributed by atoms with Gasteiger partial charge >= 0.3 is 0 Å². The van der Waals surface area contributed by atoms with Crippen LogP contribution in [0.25, 0.3) is 0 Å². The van der Waals surface area contributed by atoms with Crippen LogP contribution in [-0.4, -0.2) is 28.5 Å². The maximum absolute atomic E-state index is 12.0. The number of thiophene rings is 1. The molecule has 0 radical (unpaired) electrons. The van der Waals surface area contributed by atoms with E-state index in [2.05, 4.69) is 38.6 Å². The van der Waals surface area contributed by atoms with Gasteiger partial charge in [-0.3, -0.25) is 4.79 Å². The predicted octanol–water partition coefficient (Wildman–Crippen LogP) is 1.51. The Morgan fingerprint density at radius 2 is 2.52 bits per heavy atom. The lowest BCUT2D eigenvalue weighted by atomic mass is 10.2. The number of hydrogen-bond acceptors (Lipinski definition) is 4. The largest absolute Gasteiger partial charge is 0.355 e. The van der Waals surface area contributed by atoms with Crippen molar-refractivity contribution in [3.8, 4) is 0 Å². The summed E-state index contributed by atoms with van der Waals surface area (Å²) in [4.78, 5) is 17.8. The third-order valence-corrected chi connectivity index (χ3v) is 4.60. The van der Waals surface area contributed by atoms with Crippen molar-refractivity contribution in [3.63, 3.8) is 0 Å². The number of amides is 1. The van der Waals surface area contributed by atoms with E-state index in [1.165, 1.54) is 4.88 Å². The van der Waals surface area contributed by atoms with Gasteiger partial charge in [0.1, 0.15) is 5.82 Å². The third kappa shape index (κ3) is 3.51. The van der Waals surface area contributed by atoms with Gasteiger partial charge in [0.2, 0.25) is 5.91 Å². The summed E-state index contributed by atoms with van der Waals surface area (Å²) in [5, 5.41) is 8.39. The van der Waals surface area contributed by atoms with Crippen molar-refractivity contribution in [2.24, 2.45) is 0 Å². The molecule has 6 heteroatoms. The molecule has 0 aromatic carbocycles. The number of carbonyl (C=O) groups is 1. The minimum Gasteiger partial charge on any atom is -0.355 e. The maximum Gasteiger partial charge on any atom is 0.226 e. The van der Waals surface area contributed by atoms with Crippen LogP contribution < -0.4 is 10.6 Å². The fourth-order valence-corrected chi connectivity index (χ4v) is 3.30. The molecule has 0 bridgehead atoms. The van der Waals surface area contributed by atoms with Crippen LogP contribution in [0, 0.1) is 0 Å². The highest BCUT2D eigenvalue weighted by Gasteiger charge is 2.19. The molecule has 5 nitrogen and oxygen atoms in total. The van der Waals surface area contributed by atoms with Gasteiger partial charge in [0.25, 0.3) is 0 Å². The summed E-state index contributed by atoms with van der Waals surface area (Å²) in [6.07, 6.45) is 3.26. The van der Waals surface area contributed by atoms with Gasteiger partial charge in [-0.15, -0.1) is 11.3 Å². The van der Waals surface area contributed by atoms with Crippen molar-refractivity contribution in [2.45, 2.75) is 32.4 Å². The lowest BCUT2D eigenvalue weighted by Crippen LogP contribution is -2.31. The van der Waals surface area contributed by atoms with E-state index in [0.29, 0.717) is 13.0 Å². The van der Waals surface area contributed by atoms with E-state index in [4.69, 9.17) is 0 Å². The number of imidazole rings is 1. The third-order valence-electron chi connectivity index (χ3n) is 3.66. The number of fused-ring (bicyclic) bond motifs is 1. The van der Waals surface area contributed by atoms with Gasteiger partial charge < -0.3 is 15.2 Å². The number of carbonyl (C=O) groups excluding carboxylic acids is 1. The second-order valence-corrected chi connectivity index (χ2v) is 6.35. The quantitative estimate of drug-likeness (QED) is 0.880. The van der Waals surface area contributed by atoms with Crippen LogP contribution in [0.5, 0.6) is 0 Å². The zero-order valence-corrected chi connectivity index (χ0v) is 12.9. The lowest BCUT2D eigenvalue weighted by Gasteiger charge is -2.21. The first kappa shape index (κ1) is 14.3. The van der Waals surface area contributed by atoms with Crippen molar-refractivity contribution in [1.29, 1.82) is 0 Å². The predicted molar refractivity (Wildman–Crippen MR) is 83.4 cm³/mol. The Balaban J connectivity index is 1.50. The molecule has 0 fully saturated rings. The van der Waals surface area contributed by atoms with Crippen LogP contribution in [-0.2, 0) is 24.2 Å². The van der Waals surface area contributed by atoms with Crippen LogP contribution in [0.2, 0.25) is 0 Å². The summed E-state index contributed by atoms with van der Waals surface area (Å²) in [6.45, 7) is 4.66. The second-order valence-electron chi connectivity index (χ2n) is 5.32. The standard InChI is InChI=1S/C15H20N4OS/c1-11-15-18-12(10-19(15)7-6-16-11)9-14(20)17-5-4-13-3-2-8-21-13/h2-3,8,10-11,16H,4-7,9H2,1H3,(H,17,20)/t11-/m1/s1. The SMILES string of the molecule is C[C@H]1NCCn2cc(CC(=O)NCCc3cccs3)nc21. The molecule has 0 spiro atoms. The Labute approximate surface area is 128 Å². The molecule has 2 aromatic heterocycles. The van der Waals surface area contributed by atoms with E-state index in [1.807, 2.05) is 12.3 Å². The number of aromatic nitrogens is 2. The molecule has 0 saturated carbocycles. The van der Waals surface area contributed by atoms with E-state index in [9.17, 15) is 4.79 Å². The molecular formula is C15H20N4OS. The van der Waals surface area contributed by atoms with Gasteiger partial charge in [0.05, 0.1) is 18.2 Å². The van der Waals surface area contributed by atoms with Crippen LogP contribution in [0.15, 0.2) is 23.7 Å². The summed E-state index contributed by atoms with van der Waals surface area (Å²) >= 11 is 1.72. The first-order valence-electron chi connectivity index (χ1n) is 7.31. The van der Waals surface area contributed by atoms with Gasteiger partial charge in [-0.25, -0.2) is 4.98 Å². The lowest BCUT2D eigenvalue weighted by molar-refractivity contribution is -0.120. The molecule has 1 atom stereocenters. The van der Waals surface area contributed by atoms with Crippen LogP contribution >= 0.6 is 11.3 Å². The molecule has 3 heterocycles. The topological polar surface area (TPSA) is 59.0 Å². The first-order valence-corrected chi connectivity index (χ1v) is 8.19. The maximum atomic E-state index is 12.0. The van der Waals surface area contributed by atoms with E-state index < -0.39 is 0 Å². The molecule has 1 amide bonds. The normalized spacial score (nSPS) is 17.5. The van der Waals surface area contributed by atoms with Gasteiger partial charge in [0.15, 0.2) is 0 Å². The molecule has 2 N–H and O–H groups in total. The highest BCUT2D eigenvalue weighted by molar-refractivity contribution is 7.09. The Bertz CT molecular complexity index is 605. The van der Waals surface area contributed by atoms with Gasteiger partial charge in [-0.1, -0.05) is 6.07 Å². The fourth-order valence-electron chi connectivity index (χ4n) is 2.60. The molecule has 21 heavy (non-hydrogen) atoms. The Kier molecular flexibility index (Phi) is 4.36. The molecule has 3 rings (SSSR count). The van der Waals surface area contributed by atoms with Crippen LogP contribution in [0.3, 0.4) is 0 Å². The summed E-state index contributed by atoms with van der Waals surface area (Å²) in [7, 11) is 0. The zero-order valence-electron chi connectivity index (χ0n) is 12.1. The van der Waals surface area contributed by atoms with Crippen molar-refractivity contribution in [2.75, 3.05) is 13.1 Å². The molecule has 0 aliphatic carbocycles. The highest BCUT2D eigenvalue weighted by atomic mass is 32.1. The first-order chi connectivity index (χ1) is 10.2. The van der Waals surface area contributed by atoms with Gasteiger partial charge in [0, 0.05) is 30.7 Å². The van der Waals surface area contributed by atoms with Gasteiger partial charge in [-0.2, -0.15) is 0 Å². The number of nitrogens with zero attached hydrogens (tertiary/aromatic N) is 2. The summed E-state index contributed by atoms with van der Waals surface area (Å²) < 4.78 is 2.15. The Morgan fingerprint density at radius 1 is 1.62 bits per heavy atom. The molecule has 112 valence electrons. The van der Waals surface area contributed by atoms with E-state index >= 15 is 0 Å². The monoisotopic (exact) mass is 304 g/mol. The van der Waals surface area contributed by atoms with Gasteiger partial charge in [-0.05, 0) is 24.8 Å². The molecule has 1 aliphatic heterocycles. The number of rotatable bonds is 5. The van der Waals surface area contributed by atoms with Crippen molar-refractivity contribution in [3.05, 3.63) is 40.1 Å². The smallest absolute Gasteiger partial charge is 0.226 e. The molecule has 0 unspecified atom stereocenters. The second kappa shape index (κ2) is 6.41. The molecule has 2 aromatic rings. The van der Waals surface area contributed by atoms with Crippen molar-refractivity contribution < 1.29 is 4.79 Å². The molecule has 1 aliphatic rings. The molecule has 0 saturated heterocycles. The summed E-state index contributed by atoms with van der Waals surface area (Å²) in [5.74, 6) is 1.07.